The Morgan fingerprint density at radius 3 is 2.54 bits per heavy atom. The van der Waals surface area contributed by atoms with Gasteiger partial charge >= 0.3 is 0 Å². The van der Waals surface area contributed by atoms with E-state index in [4.69, 9.17) is 34.8 Å². The van der Waals surface area contributed by atoms with Gasteiger partial charge in [0.2, 0.25) is 5.43 Å². The molecule has 0 saturated heterocycles. The number of benzene rings is 2. The fourth-order valence-corrected chi connectivity index (χ4v) is 3.37. The number of nitro groups is 1. The predicted octanol–water partition coefficient (Wildman–Crippen LogP) is 5.34. The zero-order valence-electron chi connectivity index (χ0n) is 14.1. The molecule has 0 spiro atoms. The van der Waals surface area contributed by atoms with Crippen molar-refractivity contribution in [2.24, 2.45) is 5.16 Å². The molecule has 0 amide bonds. The Bertz CT molecular complexity index is 1210. The zero-order chi connectivity index (χ0) is 20.6. The summed E-state index contributed by atoms with van der Waals surface area (Å²) in [5.74, 6) is 0.0967. The highest BCUT2D eigenvalue weighted by Crippen LogP contribution is 2.33. The molecule has 11 heteroatoms. The van der Waals surface area contributed by atoms with Crippen LogP contribution in [0.5, 0.6) is 0 Å². The van der Waals surface area contributed by atoms with Crippen LogP contribution >= 0.6 is 34.8 Å². The first kappa shape index (κ1) is 19.9. The average Bonchev–Trinajstić information content (AvgIpc) is 2.64. The second-order valence-electron chi connectivity index (χ2n) is 5.71. The Labute approximate surface area is 172 Å². The molecule has 0 bridgehead atoms. The second kappa shape index (κ2) is 7.67. The summed E-state index contributed by atoms with van der Waals surface area (Å²) < 4.78 is 0. The van der Waals surface area contributed by atoms with Gasteiger partial charge in [-0.15, -0.1) is 0 Å². The van der Waals surface area contributed by atoms with Crippen molar-refractivity contribution in [1.82, 2.24) is 4.98 Å². The molecule has 1 heterocycles. The molecule has 0 saturated carbocycles. The predicted molar refractivity (Wildman–Crippen MR) is 110 cm³/mol. The number of rotatable bonds is 4. The number of pyridine rings is 1. The van der Waals surface area contributed by atoms with Gasteiger partial charge < -0.3 is 15.5 Å². The van der Waals surface area contributed by atoms with Gasteiger partial charge in [-0.3, -0.25) is 14.9 Å². The number of fused-ring (bicyclic) bond motifs is 1. The normalized spacial score (nSPS) is 11.6. The van der Waals surface area contributed by atoms with Crippen LogP contribution in [0.3, 0.4) is 0 Å². The monoisotopic (exact) mass is 440 g/mol. The summed E-state index contributed by atoms with van der Waals surface area (Å²) in [4.78, 5) is 26.6. The Kier molecular flexibility index (Phi) is 5.46. The molecule has 0 fully saturated rings. The third-order valence-corrected chi connectivity index (χ3v) is 4.85. The minimum Gasteiger partial charge on any atom is -0.411 e. The number of halogens is 3. The number of hydrogen-bond donors (Lipinski definition) is 3. The largest absolute Gasteiger partial charge is 0.411 e. The molecule has 8 nitrogen and oxygen atoms in total. The van der Waals surface area contributed by atoms with Gasteiger partial charge in [-0.1, -0.05) is 40.0 Å². The average molecular weight is 442 g/mol. The molecular formula is C17H11Cl3N4O4. The number of aromatic amines is 1. The van der Waals surface area contributed by atoms with Crippen molar-refractivity contribution in [2.75, 3.05) is 5.32 Å². The SMILES string of the molecule is CC(=NO)c1c(Nc2ccc(Cl)cc2Cl)[nH]c2c(Cl)ccc([N+](=O)[O-])c2c1=O. The lowest BCUT2D eigenvalue weighted by Crippen LogP contribution is -2.19. The van der Waals surface area contributed by atoms with Crippen molar-refractivity contribution in [3.63, 3.8) is 0 Å². The number of nitrogens with one attached hydrogen (secondary N) is 2. The Morgan fingerprint density at radius 1 is 1.21 bits per heavy atom. The van der Waals surface area contributed by atoms with Crippen molar-refractivity contribution in [2.45, 2.75) is 6.92 Å². The third-order valence-electron chi connectivity index (χ3n) is 3.99. The summed E-state index contributed by atoms with van der Waals surface area (Å²) in [6, 6.07) is 7.11. The maximum atomic E-state index is 13.1. The van der Waals surface area contributed by atoms with Crippen molar-refractivity contribution < 1.29 is 10.1 Å². The molecule has 1 aromatic heterocycles. The van der Waals surface area contributed by atoms with Crippen LogP contribution in [0, 0.1) is 10.1 Å². The summed E-state index contributed by atoms with van der Waals surface area (Å²) in [5.41, 5.74) is -0.872. The molecule has 3 rings (SSSR count). The van der Waals surface area contributed by atoms with Gasteiger partial charge in [0.25, 0.3) is 5.69 Å². The van der Waals surface area contributed by atoms with Crippen molar-refractivity contribution in [3.05, 3.63) is 71.3 Å². The molecule has 0 aliphatic heterocycles. The fraction of sp³-hybridized carbons (Fsp3) is 0.0588. The lowest BCUT2D eigenvalue weighted by atomic mass is 10.1. The van der Waals surface area contributed by atoms with Crippen LogP contribution in [0.1, 0.15) is 12.5 Å². The highest BCUT2D eigenvalue weighted by atomic mass is 35.5. The Hall–Kier alpha value is -2.81. The molecule has 3 aromatic rings. The van der Waals surface area contributed by atoms with Gasteiger partial charge in [0.15, 0.2) is 0 Å². The van der Waals surface area contributed by atoms with Crippen LogP contribution in [-0.4, -0.2) is 20.8 Å². The number of nitrogens with zero attached hydrogens (tertiary/aromatic N) is 2. The van der Waals surface area contributed by atoms with E-state index in [9.17, 15) is 20.1 Å². The fourth-order valence-electron chi connectivity index (χ4n) is 2.71. The maximum absolute atomic E-state index is 13.1. The van der Waals surface area contributed by atoms with E-state index in [1.807, 2.05) is 0 Å². The van der Waals surface area contributed by atoms with Gasteiger partial charge in [-0.25, -0.2) is 0 Å². The van der Waals surface area contributed by atoms with E-state index in [1.165, 1.54) is 19.1 Å². The van der Waals surface area contributed by atoms with E-state index in [0.717, 1.165) is 6.07 Å². The highest BCUT2D eigenvalue weighted by molar-refractivity contribution is 6.37. The first-order chi connectivity index (χ1) is 13.2. The first-order valence-electron chi connectivity index (χ1n) is 7.68. The van der Waals surface area contributed by atoms with Gasteiger partial charge in [-0.05, 0) is 31.2 Å². The molecule has 2 aromatic carbocycles. The number of H-pyrrole nitrogens is 1. The molecule has 144 valence electrons. The van der Waals surface area contributed by atoms with Gasteiger partial charge in [0.05, 0.1) is 37.4 Å². The lowest BCUT2D eigenvalue weighted by Gasteiger charge is -2.14. The molecule has 0 aliphatic rings. The first-order valence-corrected chi connectivity index (χ1v) is 8.82. The summed E-state index contributed by atoms with van der Waals surface area (Å²) in [5, 5.41) is 27.1. The van der Waals surface area contributed by atoms with Crippen LogP contribution in [0.4, 0.5) is 17.2 Å². The van der Waals surface area contributed by atoms with Crippen LogP contribution in [-0.2, 0) is 0 Å². The number of nitro benzene ring substituents is 1. The Balaban J connectivity index is 2.37. The summed E-state index contributed by atoms with van der Waals surface area (Å²) in [7, 11) is 0. The minimum absolute atomic E-state index is 0.0583. The van der Waals surface area contributed by atoms with Crippen LogP contribution < -0.4 is 10.7 Å². The molecule has 0 atom stereocenters. The molecule has 0 aliphatic carbocycles. The van der Waals surface area contributed by atoms with Crippen molar-refractivity contribution >= 4 is 68.6 Å². The van der Waals surface area contributed by atoms with Crippen molar-refractivity contribution in [3.8, 4) is 0 Å². The van der Waals surface area contributed by atoms with E-state index >= 15 is 0 Å². The number of non-ortho nitro benzene ring substituents is 1. The van der Waals surface area contributed by atoms with E-state index in [-0.39, 0.29) is 38.0 Å². The quantitative estimate of drug-likeness (QED) is 0.218. The molecule has 0 radical (unpaired) electrons. The second-order valence-corrected chi connectivity index (χ2v) is 6.96. The summed E-state index contributed by atoms with van der Waals surface area (Å²) >= 11 is 18.2. The van der Waals surface area contributed by atoms with Crippen LogP contribution in [0.2, 0.25) is 15.1 Å². The number of oxime groups is 1. The van der Waals surface area contributed by atoms with E-state index in [2.05, 4.69) is 15.5 Å². The zero-order valence-corrected chi connectivity index (χ0v) is 16.4. The standard InChI is InChI=1S/C17H11Cl3N4O4/c1-7(23-26)13-16(25)14-12(24(27)28)5-3-9(19)15(14)22-17(13)21-11-4-2-8(18)6-10(11)20/h2-6,26H,1H3,(H2,21,22,25). The van der Waals surface area contributed by atoms with Gasteiger partial charge in [0.1, 0.15) is 11.2 Å². The smallest absolute Gasteiger partial charge is 0.282 e. The van der Waals surface area contributed by atoms with Crippen molar-refractivity contribution in [1.29, 1.82) is 0 Å². The molecule has 28 heavy (non-hydrogen) atoms. The topological polar surface area (TPSA) is 121 Å². The maximum Gasteiger partial charge on any atom is 0.282 e. The van der Waals surface area contributed by atoms with Crippen LogP contribution in [0.25, 0.3) is 10.9 Å². The number of aromatic nitrogens is 1. The van der Waals surface area contributed by atoms with Crippen LogP contribution in [0.15, 0.2) is 40.3 Å². The molecular weight excluding hydrogens is 431 g/mol. The van der Waals surface area contributed by atoms with Gasteiger partial charge in [-0.2, -0.15) is 0 Å². The Morgan fingerprint density at radius 2 is 1.93 bits per heavy atom. The summed E-state index contributed by atoms with van der Waals surface area (Å²) in [6.07, 6.45) is 0. The lowest BCUT2D eigenvalue weighted by molar-refractivity contribution is -0.383. The summed E-state index contributed by atoms with van der Waals surface area (Å²) in [6.45, 7) is 1.38. The number of anilines is 2. The van der Waals surface area contributed by atoms with E-state index < -0.39 is 16.0 Å². The molecule has 0 unspecified atom stereocenters. The van der Waals surface area contributed by atoms with E-state index in [1.54, 1.807) is 12.1 Å². The third kappa shape index (κ3) is 3.49. The highest BCUT2D eigenvalue weighted by Gasteiger charge is 2.24. The van der Waals surface area contributed by atoms with Gasteiger partial charge in [0, 0.05) is 11.1 Å². The number of hydrogen-bond acceptors (Lipinski definition) is 6. The molecule has 3 N–H and O–H groups in total. The van der Waals surface area contributed by atoms with E-state index in [0.29, 0.717) is 10.7 Å². The minimum atomic E-state index is -0.731.